The van der Waals surface area contributed by atoms with E-state index in [-0.39, 0.29) is 0 Å². The molecular weight excluding hydrogens is 234 g/mol. The third-order valence-electron chi connectivity index (χ3n) is 3.49. The summed E-state index contributed by atoms with van der Waals surface area (Å²) >= 11 is 1.98. The Balaban J connectivity index is 1.93. The first-order valence-corrected chi connectivity index (χ1v) is 7.58. The Hall–Kier alpha value is -0.550. The minimum atomic E-state index is 0.661. The molecule has 2 rings (SSSR count). The molecule has 4 nitrogen and oxygen atoms in total. The van der Waals surface area contributed by atoms with Crippen molar-refractivity contribution in [1.82, 2.24) is 15.0 Å². The van der Waals surface area contributed by atoms with Crippen molar-refractivity contribution in [3.63, 3.8) is 0 Å². The molecule has 1 saturated carbocycles. The van der Waals surface area contributed by atoms with Crippen LogP contribution in [0.3, 0.4) is 0 Å². The van der Waals surface area contributed by atoms with Crippen molar-refractivity contribution in [3.8, 4) is 0 Å². The summed E-state index contributed by atoms with van der Waals surface area (Å²) in [6.45, 7) is 2.83. The van der Waals surface area contributed by atoms with Crippen molar-refractivity contribution >= 4 is 11.8 Å². The van der Waals surface area contributed by atoms with E-state index < -0.39 is 0 Å². The molecule has 0 saturated heterocycles. The van der Waals surface area contributed by atoms with Crippen LogP contribution in [-0.4, -0.2) is 39.6 Å². The largest absolute Gasteiger partial charge is 0.339 e. The third kappa shape index (κ3) is 3.01. The Labute approximate surface area is 107 Å². The van der Waals surface area contributed by atoms with Gasteiger partial charge in [-0.25, -0.2) is 0 Å². The molecule has 1 aliphatic rings. The molecule has 1 aromatic heterocycles. The van der Waals surface area contributed by atoms with Crippen molar-refractivity contribution in [1.29, 1.82) is 0 Å². The van der Waals surface area contributed by atoms with Crippen molar-refractivity contribution in [2.24, 2.45) is 0 Å². The van der Waals surface area contributed by atoms with Crippen LogP contribution in [0.25, 0.3) is 0 Å². The molecule has 0 aromatic carbocycles. The lowest BCUT2D eigenvalue weighted by Crippen LogP contribution is -2.35. The van der Waals surface area contributed by atoms with E-state index in [0.29, 0.717) is 6.04 Å². The van der Waals surface area contributed by atoms with Gasteiger partial charge in [0, 0.05) is 17.7 Å². The Morgan fingerprint density at radius 1 is 1.47 bits per heavy atom. The second-order valence-electron chi connectivity index (χ2n) is 4.65. The zero-order chi connectivity index (χ0) is 12.3. The lowest BCUT2D eigenvalue weighted by atomic mass is 10.2. The lowest BCUT2D eigenvalue weighted by molar-refractivity contribution is 0.232. The van der Waals surface area contributed by atoms with E-state index >= 15 is 0 Å². The van der Waals surface area contributed by atoms with Crippen LogP contribution in [0.15, 0.2) is 4.52 Å². The van der Waals surface area contributed by atoms with E-state index in [1.54, 1.807) is 0 Å². The van der Waals surface area contributed by atoms with E-state index in [2.05, 4.69) is 28.3 Å². The molecule has 1 fully saturated rings. The average Bonchev–Trinajstić information content (AvgIpc) is 2.96. The monoisotopic (exact) mass is 255 g/mol. The molecule has 0 bridgehead atoms. The molecule has 5 heteroatoms. The van der Waals surface area contributed by atoms with Gasteiger partial charge in [-0.05, 0) is 26.1 Å². The molecule has 1 heterocycles. The molecule has 0 N–H and O–H groups in total. The average molecular weight is 255 g/mol. The van der Waals surface area contributed by atoms with Crippen LogP contribution >= 0.6 is 11.8 Å². The molecule has 0 aliphatic heterocycles. The number of nitrogens with zero attached hydrogens (tertiary/aromatic N) is 3. The fourth-order valence-electron chi connectivity index (χ4n) is 2.52. The van der Waals surface area contributed by atoms with E-state index in [1.165, 1.54) is 19.3 Å². The van der Waals surface area contributed by atoms with E-state index in [1.807, 2.05) is 18.7 Å². The minimum absolute atomic E-state index is 0.661. The molecule has 96 valence electrons. The zero-order valence-electron chi connectivity index (χ0n) is 10.8. The first-order valence-electron chi connectivity index (χ1n) is 6.29. The molecule has 1 aromatic rings. The highest BCUT2D eigenvalue weighted by atomic mass is 32.2. The molecular formula is C12H21N3OS. The standard InChI is InChI=1S/C12H21N3OS/c1-4-12-13-11(14-16-12)8-15(2)9-6-5-7-10(9)17-3/h9-10H,4-8H2,1-3H3/t9-,10+/m0/s1. The molecule has 2 atom stereocenters. The van der Waals surface area contributed by atoms with Gasteiger partial charge in [0.15, 0.2) is 5.82 Å². The van der Waals surface area contributed by atoms with E-state index in [9.17, 15) is 0 Å². The molecule has 0 amide bonds. The number of aromatic nitrogens is 2. The Morgan fingerprint density at radius 3 is 2.94 bits per heavy atom. The summed E-state index contributed by atoms with van der Waals surface area (Å²) in [5, 5.41) is 4.78. The number of hydrogen-bond acceptors (Lipinski definition) is 5. The van der Waals surface area contributed by atoms with Gasteiger partial charge in [-0.15, -0.1) is 0 Å². The van der Waals surface area contributed by atoms with Gasteiger partial charge in [0.2, 0.25) is 5.89 Å². The van der Waals surface area contributed by atoms with Crippen molar-refractivity contribution < 1.29 is 4.52 Å². The maximum absolute atomic E-state index is 5.14. The highest BCUT2D eigenvalue weighted by Crippen LogP contribution is 2.31. The van der Waals surface area contributed by atoms with Crippen LogP contribution in [0.1, 0.15) is 37.9 Å². The van der Waals surface area contributed by atoms with Crippen molar-refractivity contribution in [2.75, 3.05) is 13.3 Å². The topological polar surface area (TPSA) is 42.2 Å². The van der Waals surface area contributed by atoms with Gasteiger partial charge in [0.05, 0.1) is 6.54 Å². The van der Waals surface area contributed by atoms with E-state index in [4.69, 9.17) is 4.52 Å². The van der Waals surface area contributed by atoms with Gasteiger partial charge in [-0.2, -0.15) is 16.7 Å². The summed E-state index contributed by atoms with van der Waals surface area (Å²) < 4.78 is 5.14. The van der Waals surface area contributed by atoms with Crippen molar-refractivity contribution in [3.05, 3.63) is 11.7 Å². The lowest BCUT2D eigenvalue weighted by Gasteiger charge is -2.27. The molecule has 1 aliphatic carbocycles. The van der Waals surface area contributed by atoms with Crippen LogP contribution < -0.4 is 0 Å². The van der Waals surface area contributed by atoms with Crippen LogP contribution in [0.4, 0.5) is 0 Å². The first kappa shape index (κ1) is 12.9. The van der Waals surface area contributed by atoms with Crippen LogP contribution in [0.5, 0.6) is 0 Å². The smallest absolute Gasteiger partial charge is 0.226 e. The fraction of sp³-hybridized carbons (Fsp3) is 0.833. The highest BCUT2D eigenvalue weighted by Gasteiger charge is 2.30. The zero-order valence-corrected chi connectivity index (χ0v) is 11.7. The van der Waals surface area contributed by atoms with Gasteiger partial charge in [-0.3, -0.25) is 4.90 Å². The first-order chi connectivity index (χ1) is 8.24. The fourth-order valence-corrected chi connectivity index (χ4v) is 3.58. The number of aryl methyl sites for hydroxylation is 1. The minimum Gasteiger partial charge on any atom is -0.339 e. The second kappa shape index (κ2) is 5.87. The van der Waals surface area contributed by atoms with Gasteiger partial charge < -0.3 is 4.52 Å². The van der Waals surface area contributed by atoms with Crippen molar-refractivity contribution in [2.45, 2.75) is 50.4 Å². The maximum Gasteiger partial charge on any atom is 0.226 e. The Morgan fingerprint density at radius 2 is 2.29 bits per heavy atom. The summed E-state index contributed by atoms with van der Waals surface area (Å²) in [6.07, 6.45) is 6.99. The molecule has 0 radical (unpaired) electrons. The number of thioether (sulfide) groups is 1. The van der Waals surface area contributed by atoms with Gasteiger partial charge in [0.1, 0.15) is 0 Å². The third-order valence-corrected chi connectivity index (χ3v) is 4.65. The van der Waals surface area contributed by atoms with Gasteiger partial charge >= 0.3 is 0 Å². The number of hydrogen-bond donors (Lipinski definition) is 0. The Kier molecular flexibility index (Phi) is 4.45. The second-order valence-corrected chi connectivity index (χ2v) is 5.72. The van der Waals surface area contributed by atoms with Crippen LogP contribution in [-0.2, 0) is 13.0 Å². The molecule has 0 spiro atoms. The Bertz CT molecular complexity index is 355. The molecule has 17 heavy (non-hydrogen) atoms. The summed E-state index contributed by atoms with van der Waals surface area (Å²) in [4.78, 5) is 6.74. The SMILES string of the molecule is CCc1nc(CN(C)[C@H]2CCC[C@H]2SC)no1. The van der Waals surface area contributed by atoms with Gasteiger partial charge in [-0.1, -0.05) is 18.5 Å². The quantitative estimate of drug-likeness (QED) is 0.808. The number of rotatable bonds is 5. The predicted molar refractivity (Wildman–Crippen MR) is 70.1 cm³/mol. The van der Waals surface area contributed by atoms with Crippen LogP contribution in [0, 0.1) is 0 Å². The summed E-state index contributed by atoms with van der Waals surface area (Å²) in [5.41, 5.74) is 0. The van der Waals surface area contributed by atoms with E-state index in [0.717, 1.165) is 29.9 Å². The van der Waals surface area contributed by atoms with Crippen LogP contribution in [0.2, 0.25) is 0 Å². The molecule has 0 unspecified atom stereocenters. The predicted octanol–water partition coefficient (Wildman–Crippen LogP) is 2.35. The normalized spacial score (nSPS) is 24.7. The summed E-state index contributed by atoms with van der Waals surface area (Å²) in [5.74, 6) is 1.55. The highest BCUT2D eigenvalue weighted by molar-refractivity contribution is 7.99. The summed E-state index contributed by atoms with van der Waals surface area (Å²) in [7, 11) is 2.17. The van der Waals surface area contributed by atoms with Gasteiger partial charge in [0.25, 0.3) is 0 Å². The summed E-state index contributed by atoms with van der Waals surface area (Å²) in [6, 6.07) is 0.661. The maximum atomic E-state index is 5.14.